The molecule has 100 valence electrons. The summed E-state index contributed by atoms with van der Waals surface area (Å²) in [6.45, 7) is 0.747. The Balaban J connectivity index is 2.15. The highest BCUT2D eigenvalue weighted by Gasteiger charge is 2.16. The van der Waals surface area contributed by atoms with Crippen molar-refractivity contribution < 1.29 is 4.74 Å². The average molecular weight is 247 g/mol. The van der Waals surface area contributed by atoms with Gasteiger partial charge >= 0.3 is 0 Å². The van der Waals surface area contributed by atoms with Crippen molar-refractivity contribution in [2.75, 3.05) is 13.7 Å². The van der Waals surface area contributed by atoms with Crippen LogP contribution in [0, 0.1) is 0 Å². The van der Waals surface area contributed by atoms with Crippen molar-refractivity contribution in [2.24, 2.45) is 5.73 Å². The standard InChI is InChI=1S/C16H25NO/c1-18-16-10-9-14(12-15(16)8-5-11-17)13-6-3-2-4-7-13/h9-10,12-13H,2-8,11,17H2,1H3. The summed E-state index contributed by atoms with van der Waals surface area (Å²) in [5, 5.41) is 0. The molecule has 18 heavy (non-hydrogen) atoms. The molecule has 0 aromatic heterocycles. The van der Waals surface area contributed by atoms with Crippen LogP contribution in [0.2, 0.25) is 0 Å². The van der Waals surface area contributed by atoms with Gasteiger partial charge in [-0.1, -0.05) is 31.4 Å². The molecule has 1 aliphatic rings. The van der Waals surface area contributed by atoms with Gasteiger partial charge in [0, 0.05) is 0 Å². The van der Waals surface area contributed by atoms with E-state index in [1.54, 1.807) is 7.11 Å². The molecule has 2 rings (SSSR count). The molecule has 2 heteroatoms. The smallest absolute Gasteiger partial charge is 0.122 e. The van der Waals surface area contributed by atoms with Crippen LogP contribution in [0.1, 0.15) is 55.6 Å². The highest BCUT2D eigenvalue weighted by molar-refractivity contribution is 5.39. The Kier molecular flexibility index (Phi) is 5.06. The first-order valence-corrected chi connectivity index (χ1v) is 7.22. The molecule has 0 unspecified atom stereocenters. The van der Waals surface area contributed by atoms with Gasteiger partial charge in [-0.05, 0) is 55.3 Å². The van der Waals surface area contributed by atoms with E-state index in [4.69, 9.17) is 10.5 Å². The lowest BCUT2D eigenvalue weighted by atomic mass is 9.83. The van der Waals surface area contributed by atoms with Crippen molar-refractivity contribution in [3.8, 4) is 5.75 Å². The van der Waals surface area contributed by atoms with E-state index in [1.807, 2.05) is 0 Å². The number of ether oxygens (including phenoxy) is 1. The predicted molar refractivity (Wildman–Crippen MR) is 76.2 cm³/mol. The van der Waals surface area contributed by atoms with Crippen LogP contribution >= 0.6 is 0 Å². The number of benzene rings is 1. The van der Waals surface area contributed by atoms with Crippen molar-refractivity contribution in [3.05, 3.63) is 29.3 Å². The highest BCUT2D eigenvalue weighted by atomic mass is 16.5. The molecule has 0 spiro atoms. The van der Waals surface area contributed by atoms with E-state index in [9.17, 15) is 0 Å². The Labute approximate surface area is 111 Å². The average Bonchev–Trinajstić information content (AvgIpc) is 2.45. The molecule has 1 aromatic carbocycles. The maximum atomic E-state index is 5.61. The number of aryl methyl sites for hydroxylation is 1. The second-order valence-corrected chi connectivity index (χ2v) is 5.30. The Morgan fingerprint density at radius 1 is 1.22 bits per heavy atom. The van der Waals surface area contributed by atoms with Gasteiger partial charge in [0.05, 0.1) is 7.11 Å². The van der Waals surface area contributed by atoms with Crippen molar-refractivity contribution in [1.82, 2.24) is 0 Å². The lowest BCUT2D eigenvalue weighted by Crippen LogP contribution is -2.06. The van der Waals surface area contributed by atoms with E-state index >= 15 is 0 Å². The number of rotatable bonds is 5. The van der Waals surface area contributed by atoms with Crippen molar-refractivity contribution in [1.29, 1.82) is 0 Å². The molecule has 1 saturated carbocycles. The molecule has 1 aromatic rings. The number of nitrogens with two attached hydrogens (primary N) is 1. The monoisotopic (exact) mass is 247 g/mol. The van der Waals surface area contributed by atoms with Gasteiger partial charge in [-0.25, -0.2) is 0 Å². The number of hydrogen-bond acceptors (Lipinski definition) is 2. The first kappa shape index (κ1) is 13.4. The van der Waals surface area contributed by atoms with E-state index in [0.29, 0.717) is 0 Å². The Hall–Kier alpha value is -1.02. The van der Waals surface area contributed by atoms with E-state index in [0.717, 1.165) is 31.1 Å². The second-order valence-electron chi connectivity index (χ2n) is 5.30. The highest BCUT2D eigenvalue weighted by Crippen LogP contribution is 2.34. The Morgan fingerprint density at radius 2 is 2.00 bits per heavy atom. The van der Waals surface area contributed by atoms with E-state index < -0.39 is 0 Å². The van der Waals surface area contributed by atoms with Crippen LogP contribution in [-0.4, -0.2) is 13.7 Å². The molecule has 0 heterocycles. The fraction of sp³-hybridized carbons (Fsp3) is 0.625. The molecule has 0 bridgehead atoms. The van der Waals surface area contributed by atoms with E-state index in [2.05, 4.69) is 18.2 Å². The lowest BCUT2D eigenvalue weighted by Gasteiger charge is -2.23. The van der Waals surface area contributed by atoms with E-state index in [1.165, 1.54) is 43.2 Å². The topological polar surface area (TPSA) is 35.2 Å². The molecule has 1 aliphatic carbocycles. The van der Waals surface area contributed by atoms with Gasteiger partial charge in [-0.3, -0.25) is 0 Å². The molecule has 0 aliphatic heterocycles. The predicted octanol–water partition coefficient (Wildman–Crippen LogP) is 3.63. The molecule has 0 atom stereocenters. The Bertz CT molecular complexity index is 369. The maximum absolute atomic E-state index is 5.61. The third kappa shape index (κ3) is 3.26. The minimum absolute atomic E-state index is 0.747. The maximum Gasteiger partial charge on any atom is 0.122 e. The summed E-state index contributed by atoms with van der Waals surface area (Å²) in [4.78, 5) is 0. The largest absolute Gasteiger partial charge is 0.496 e. The summed E-state index contributed by atoms with van der Waals surface area (Å²) in [7, 11) is 1.75. The van der Waals surface area contributed by atoms with Gasteiger partial charge in [0.25, 0.3) is 0 Å². The van der Waals surface area contributed by atoms with Crippen LogP contribution in [-0.2, 0) is 6.42 Å². The molecule has 2 nitrogen and oxygen atoms in total. The summed E-state index contributed by atoms with van der Waals surface area (Å²) in [6.07, 6.45) is 8.94. The van der Waals surface area contributed by atoms with Crippen molar-refractivity contribution >= 4 is 0 Å². The summed E-state index contributed by atoms with van der Waals surface area (Å²) in [5.41, 5.74) is 8.44. The molecule has 0 saturated heterocycles. The summed E-state index contributed by atoms with van der Waals surface area (Å²) in [5.74, 6) is 1.78. The van der Waals surface area contributed by atoms with Gasteiger partial charge in [0.15, 0.2) is 0 Å². The van der Waals surface area contributed by atoms with Crippen LogP contribution in [0.4, 0.5) is 0 Å². The first-order chi connectivity index (χ1) is 8.85. The quantitative estimate of drug-likeness (QED) is 0.862. The first-order valence-electron chi connectivity index (χ1n) is 7.22. The van der Waals surface area contributed by atoms with Crippen LogP contribution in [0.25, 0.3) is 0 Å². The normalized spacial score (nSPS) is 16.8. The summed E-state index contributed by atoms with van der Waals surface area (Å²) in [6, 6.07) is 6.74. The summed E-state index contributed by atoms with van der Waals surface area (Å²) >= 11 is 0. The molecule has 1 fully saturated rings. The van der Waals surface area contributed by atoms with Crippen LogP contribution in [0.3, 0.4) is 0 Å². The summed E-state index contributed by atoms with van der Waals surface area (Å²) < 4.78 is 5.44. The van der Waals surface area contributed by atoms with Gasteiger partial charge in [-0.2, -0.15) is 0 Å². The molecular formula is C16H25NO. The number of methoxy groups -OCH3 is 1. The fourth-order valence-corrected chi connectivity index (χ4v) is 2.98. The van der Waals surface area contributed by atoms with Crippen LogP contribution < -0.4 is 10.5 Å². The molecule has 2 N–H and O–H groups in total. The molecule has 0 radical (unpaired) electrons. The third-order valence-electron chi connectivity index (χ3n) is 4.03. The zero-order valence-corrected chi connectivity index (χ0v) is 11.5. The number of hydrogen-bond donors (Lipinski definition) is 1. The Morgan fingerprint density at radius 3 is 2.67 bits per heavy atom. The van der Waals surface area contributed by atoms with E-state index in [-0.39, 0.29) is 0 Å². The lowest BCUT2D eigenvalue weighted by molar-refractivity contribution is 0.407. The minimum atomic E-state index is 0.747. The zero-order valence-electron chi connectivity index (χ0n) is 11.5. The minimum Gasteiger partial charge on any atom is -0.496 e. The SMILES string of the molecule is COc1ccc(C2CCCCC2)cc1CCCN. The van der Waals surface area contributed by atoms with Crippen molar-refractivity contribution in [2.45, 2.75) is 50.9 Å². The zero-order chi connectivity index (χ0) is 12.8. The van der Waals surface area contributed by atoms with Crippen LogP contribution in [0.5, 0.6) is 5.75 Å². The fourth-order valence-electron chi connectivity index (χ4n) is 2.98. The third-order valence-corrected chi connectivity index (χ3v) is 4.03. The van der Waals surface area contributed by atoms with Gasteiger partial charge in [-0.15, -0.1) is 0 Å². The van der Waals surface area contributed by atoms with Crippen molar-refractivity contribution in [3.63, 3.8) is 0 Å². The molecule has 0 amide bonds. The van der Waals surface area contributed by atoms with Crippen LogP contribution in [0.15, 0.2) is 18.2 Å². The second kappa shape index (κ2) is 6.79. The van der Waals surface area contributed by atoms with Gasteiger partial charge in [0.2, 0.25) is 0 Å². The van der Waals surface area contributed by atoms with Gasteiger partial charge in [0.1, 0.15) is 5.75 Å². The van der Waals surface area contributed by atoms with Gasteiger partial charge < -0.3 is 10.5 Å². The molecular weight excluding hydrogens is 222 g/mol.